The second-order valence-corrected chi connectivity index (χ2v) is 10.6. The largest absolute Gasteiger partial charge is 0.489 e. The molecule has 4 heterocycles. The third-order valence-corrected chi connectivity index (χ3v) is 7.63. The van der Waals surface area contributed by atoms with Gasteiger partial charge in [-0.3, -0.25) is 24.6 Å². The molecular weight excluding hydrogens is 482 g/mol. The van der Waals surface area contributed by atoms with Crippen LogP contribution in [0.4, 0.5) is 5.82 Å². The number of pyridine rings is 1. The Balaban J connectivity index is 1.07. The number of nitrogens with one attached hydrogen (secondary N) is 1. The maximum absolute atomic E-state index is 12.9. The predicted molar refractivity (Wildman–Crippen MR) is 143 cm³/mol. The van der Waals surface area contributed by atoms with Gasteiger partial charge in [0.05, 0.1) is 5.52 Å². The van der Waals surface area contributed by atoms with Crippen molar-refractivity contribution < 1.29 is 19.1 Å². The first-order valence-electron chi connectivity index (χ1n) is 13.1. The fraction of sp³-hybridized carbons (Fsp3) is 0.379. The highest BCUT2D eigenvalue weighted by Crippen LogP contribution is 2.31. The zero-order valence-corrected chi connectivity index (χ0v) is 21.6. The van der Waals surface area contributed by atoms with E-state index in [1.54, 1.807) is 11.0 Å². The highest BCUT2D eigenvalue weighted by molar-refractivity contribution is 6.05. The lowest BCUT2D eigenvalue weighted by Gasteiger charge is -2.29. The number of likely N-dealkylation sites (tertiary alicyclic amines) is 1. The maximum Gasteiger partial charge on any atom is 0.255 e. The molecular formula is C29H31N5O4. The average molecular weight is 514 g/mol. The van der Waals surface area contributed by atoms with Crippen LogP contribution in [0.25, 0.3) is 10.9 Å². The summed E-state index contributed by atoms with van der Waals surface area (Å²) in [6, 6.07) is 15.5. The number of hydrogen-bond donors (Lipinski definition) is 1. The van der Waals surface area contributed by atoms with Gasteiger partial charge >= 0.3 is 0 Å². The number of hydrogen-bond acceptors (Lipinski definition) is 7. The molecule has 1 N–H and O–H groups in total. The van der Waals surface area contributed by atoms with Crippen LogP contribution in [0.5, 0.6) is 5.75 Å². The van der Waals surface area contributed by atoms with Crippen molar-refractivity contribution in [3.63, 3.8) is 0 Å². The monoisotopic (exact) mass is 513 g/mol. The van der Waals surface area contributed by atoms with Gasteiger partial charge in [-0.15, -0.1) is 0 Å². The number of imide groups is 1. The van der Waals surface area contributed by atoms with Crippen LogP contribution in [0.1, 0.15) is 40.7 Å². The van der Waals surface area contributed by atoms with Crippen molar-refractivity contribution in [3.8, 4) is 5.75 Å². The maximum atomic E-state index is 12.9. The van der Waals surface area contributed by atoms with Gasteiger partial charge in [0, 0.05) is 57.6 Å². The van der Waals surface area contributed by atoms with Crippen LogP contribution in [0.15, 0.2) is 48.5 Å². The molecule has 0 aliphatic carbocycles. The molecule has 0 spiro atoms. The Morgan fingerprint density at radius 3 is 2.74 bits per heavy atom. The summed E-state index contributed by atoms with van der Waals surface area (Å²) in [7, 11) is 3.99. The first kappa shape index (κ1) is 24.4. The van der Waals surface area contributed by atoms with Crippen LogP contribution in [0.2, 0.25) is 0 Å². The molecule has 196 valence electrons. The van der Waals surface area contributed by atoms with Crippen molar-refractivity contribution in [2.24, 2.45) is 0 Å². The summed E-state index contributed by atoms with van der Waals surface area (Å²) in [6.07, 6.45) is 1.61. The standard InChI is InChI=1S/C29H31N5O4/c1-32(2)26-9-4-19-13-18(3-7-24(19)30-26)15-33-12-11-22(17-33)38-21-5-6-23-20(14-21)16-34(29(23)37)25-8-10-27(35)31-28(25)36/h3-7,9,13-14,22,25H,8,10-12,15-17H2,1-2H3,(H,31,35,36)/t22-,25?/m0/s1. The molecule has 2 atom stereocenters. The Hall–Kier alpha value is -3.98. The van der Waals surface area contributed by atoms with Gasteiger partial charge < -0.3 is 14.5 Å². The predicted octanol–water partition coefficient (Wildman–Crippen LogP) is 2.72. The first-order chi connectivity index (χ1) is 18.3. The van der Waals surface area contributed by atoms with E-state index in [4.69, 9.17) is 9.72 Å². The molecule has 0 radical (unpaired) electrons. The van der Waals surface area contributed by atoms with E-state index in [2.05, 4.69) is 34.5 Å². The van der Waals surface area contributed by atoms with E-state index < -0.39 is 11.9 Å². The van der Waals surface area contributed by atoms with Gasteiger partial charge in [0.1, 0.15) is 23.7 Å². The van der Waals surface area contributed by atoms with Crippen molar-refractivity contribution >= 4 is 34.4 Å². The van der Waals surface area contributed by atoms with Crippen LogP contribution in [-0.4, -0.2) is 71.8 Å². The molecule has 0 bridgehead atoms. The summed E-state index contributed by atoms with van der Waals surface area (Å²) in [5, 5.41) is 3.48. The zero-order valence-electron chi connectivity index (χ0n) is 21.6. The van der Waals surface area contributed by atoms with E-state index in [0.717, 1.165) is 54.1 Å². The third-order valence-electron chi connectivity index (χ3n) is 7.63. The van der Waals surface area contributed by atoms with Crippen LogP contribution in [-0.2, 0) is 22.7 Å². The van der Waals surface area contributed by atoms with Crippen LogP contribution in [0.3, 0.4) is 0 Å². The molecule has 3 aliphatic heterocycles. The van der Waals surface area contributed by atoms with E-state index in [1.165, 1.54) is 5.56 Å². The van der Waals surface area contributed by atoms with Crippen molar-refractivity contribution in [1.82, 2.24) is 20.1 Å². The van der Waals surface area contributed by atoms with Gasteiger partial charge in [-0.2, -0.15) is 0 Å². The summed E-state index contributed by atoms with van der Waals surface area (Å²) < 4.78 is 6.32. The number of ether oxygens (including phenoxy) is 1. The molecule has 9 nitrogen and oxygen atoms in total. The van der Waals surface area contributed by atoms with Gasteiger partial charge in [0.25, 0.3) is 5.91 Å². The molecule has 2 saturated heterocycles. The number of rotatable bonds is 6. The number of aromatic nitrogens is 1. The number of benzene rings is 2. The smallest absolute Gasteiger partial charge is 0.255 e. The summed E-state index contributed by atoms with van der Waals surface area (Å²) in [6.45, 7) is 2.98. The minimum atomic E-state index is -0.610. The molecule has 2 fully saturated rings. The number of carbonyl (C=O) groups is 3. The van der Waals surface area contributed by atoms with E-state index in [1.807, 2.05) is 37.2 Å². The fourth-order valence-corrected chi connectivity index (χ4v) is 5.62. The Labute approximate surface area is 221 Å². The fourth-order valence-electron chi connectivity index (χ4n) is 5.62. The first-order valence-corrected chi connectivity index (χ1v) is 13.1. The number of nitrogens with zero attached hydrogens (tertiary/aromatic N) is 4. The lowest BCUT2D eigenvalue weighted by atomic mass is 10.0. The summed E-state index contributed by atoms with van der Waals surface area (Å²) in [4.78, 5) is 47.4. The molecule has 3 aliphatic rings. The number of piperidine rings is 1. The molecule has 0 saturated carbocycles. The Morgan fingerprint density at radius 1 is 1.05 bits per heavy atom. The lowest BCUT2D eigenvalue weighted by molar-refractivity contribution is -0.136. The number of carbonyl (C=O) groups excluding carboxylic acids is 3. The average Bonchev–Trinajstić information content (AvgIpc) is 3.47. The topological polar surface area (TPSA) is 95.1 Å². The quantitative estimate of drug-likeness (QED) is 0.507. The second kappa shape index (κ2) is 9.72. The van der Waals surface area contributed by atoms with Crippen molar-refractivity contribution in [3.05, 3.63) is 65.2 Å². The third kappa shape index (κ3) is 4.69. The lowest BCUT2D eigenvalue weighted by Crippen LogP contribution is -2.52. The molecule has 1 aromatic heterocycles. The highest BCUT2D eigenvalue weighted by Gasteiger charge is 2.39. The molecule has 38 heavy (non-hydrogen) atoms. The normalized spacial score (nSPS) is 21.6. The number of fused-ring (bicyclic) bond motifs is 2. The van der Waals surface area contributed by atoms with Crippen LogP contribution >= 0.6 is 0 Å². The number of amides is 3. The Morgan fingerprint density at radius 2 is 1.92 bits per heavy atom. The second-order valence-electron chi connectivity index (χ2n) is 10.6. The summed E-state index contributed by atoms with van der Waals surface area (Å²) in [5.41, 5.74) is 3.70. The molecule has 6 rings (SSSR count). The Kier molecular flexibility index (Phi) is 6.23. The zero-order chi connectivity index (χ0) is 26.4. The van der Waals surface area contributed by atoms with E-state index in [-0.39, 0.29) is 24.3 Å². The molecule has 1 unspecified atom stereocenters. The summed E-state index contributed by atoms with van der Waals surface area (Å²) in [5.74, 6) is 0.835. The minimum Gasteiger partial charge on any atom is -0.489 e. The highest BCUT2D eigenvalue weighted by atomic mass is 16.5. The van der Waals surface area contributed by atoms with Crippen LogP contribution in [0, 0.1) is 0 Å². The molecule has 3 amide bonds. The van der Waals surface area contributed by atoms with Crippen molar-refractivity contribution in [2.75, 3.05) is 32.1 Å². The molecule has 9 heteroatoms. The minimum absolute atomic E-state index is 0.0705. The van der Waals surface area contributed by atoms with E-state index in [9.17, 15) is 14.4 Å². The van der Waals surface area contributed by atoms with Crippen molar-refractivity contribution in [1.29, 1.82) is 0 Å². The van der Waals surface area contributed by atoms with Gasteiger partial charge in [-0.05, 0) is 66.4 Å². The number of anilines is 1. The van der Waals surface area contributed by atoms with Crippen LogP contribution < -0.4 is 15.0 Å². The molecule has 2 aromatic carbocycles. The van der Waals surface area contributed by atoms with Gasteiger partial charge in [0.15, 0.2) is 0 Å². The van der Waals surface area contributed by atoms with E-state index in [0.29, 0.717) is 18.5 Å². The van der Waals surface area contributed by atoms with Gasteiger partial charge in [-0.25, -0.2) is 4.98 Å². The Bertz CT molecular complexity index is 1440. The van der Waals surface area contributed by atoms with Crippen molar-refractivity contribution in [2.45, 2.75) is 44.5 Å². The van der Waals surface area contributed by atoms with Gasteiger partial charge in [0.2, 0.25) is 11.8 Å². The molecule has 3 aromatic rings. The SMILES string of the molecule is CN(C)c1ccc2cc(CN3CC[C@H](Oc4ccc5c(c4)CN(C4CCC(=O)NC4=O)C5=O)C3)ccc2n1. The summed E-state index contributed by atoms with van der Waals surface area (Å²) >= 11 is 0. The van der Waals surface area contributed by atoms with E-state index >= 15 is 0 Å². The van der Waals surface area contributed by atoms with Gasteiger partial charge in [-0.1, -0.05) is 6.07 Å².